The number of phenolic OH excluding ortho intramolecular Hbond substituents is 1. The molecule has 0 saturated heterocycles. The normalized spacial score (nSPS) is 13.6. The number of aromatic nitrogens is 1. The second-order valence-electron chi connectivity index (χ2n) is 18.6. The van der Waals surface area contributed by atoms with Crippen LogP contribution in [0.2, 0.25) is 0 Å². The average molecular weight is 616 g/mol. The number of hydrogen-bond acceptors (Lipinski definition) is 1. The Balaban J connectivity index is 1.91. The van der Waals surface area contributed by atoms with Crippen LogP contribution in [0.25, 0.3) is 38.6 Å². The van der Waals surface area contributed by atoms with Gasteiger partial charge in [0.05, 0.1) is 16.7 Å². The van der Waals surface area contributed by atoms with Gasteiger partial charge in [-0.2, -0.15) is 0 Å². The van der Waals surface area contributed by atoms with Gasteiger partial charge in [-0.1, -0.05) is 133 Å². The molecule has 46 heavy (non-hydrogen) atoms. The highest BCUT2D eigenvalue weighted by Gasteiger charge is 2.31. The van der Waals surface area contributed by atoms with E-state index in [9.17, 15) is 5.11 Å². The van der Waals surface area contributed by atoms with Gasteiger partial charge in [0.25, 0.3) is 0 Å². The highest BCUT2D eigenvalue weighted by atomic mass is 16.3. The first-order valence-corrected chi connectivity index (χ1v) is 17.1. The van der Waals surface area contributed by atoms with Crippen molar-refractivity contribution in [2.45, 2.75) is 125 Å². The molecule has 0 amide bonds. The summed E-state index contributed by atoms with van der Waals surface area (Å²) in [6.07, 6.45) is 1.02. The minimum atomic E-state index is -0.116. The van der Waals surface area contributed by atoms with E-state index in [-0.39, 0.29) is 27.1 Å². The van der Waals surface area contributed by atoms with Gasteiger partial charge in [-0.25, -0.2) is 0 Å². The zero-order valence-electron chi connectivity index (χ0n) is 31.0. The van der Waals surface area contributed by atoms with Gasteiger partial charge in [0.1, 0.15) is 5.75 Å². The fourth-order valence-electron chi connectivity index (χ4n) is 7.20. The number of rotatable bonds is 4. The summed E-state index contributed by atoms with van der Waals surface area (Å²) in [6, 6.07) is 27.0. The van der Waals surface area contributed by atoms with Crippen LogP contribution in [0.3, 0.4) is 0 Å². The summed E-state index contributed by atoms with van der Waals surface area (Å²) in [4.78, 5) is 0. The van der Waals surface area contributed by atoms with Crippen molar-refractivity contribution in [1.82, 2.24) is 4.57 Å². The molecule has 0 unspecified atom stereocenters. The van der Waals surface area contributed by atoms with Gasteiger partial charge in [0.2, 0.25) is 0 Å². The summed E-state index contributed by atoms with van der Waals surface area (Å²) in [5, 5.41) is 14.8. The van der Waals surface area contributed by atoms with E-state index in [1.807, 2.05) is 0 Å². The van der Waals surface area contributed by atoms with Crippen LogP contribution in [0.5, 0.6) is 5.75 Å². The fourth-order valence-corrected chi connectivity index (χ4v) is 7.20. The zero-order valence-corrected chi connectivity index (χ0v) is 31.0. The molecule has 4 aromatic carbocycles. The third kappa shape index (κ3) is 6.51. The summed E-state index contributed by atoms with van der Waals surface area (Å²) in [5.74, 6) is 0.319. The molecule has 0 radical (unpaired) electrons. The summed E-state index contributed by atoms with van der Waals surface area (Å²) in [5.41, 5.74) is 10.2. The van der Waals surface area contributed by atoms with Crippen molar-refractivity contribution in [1.29, 1.82) is 0 Å². The molecule has 1 N–H and O–H groups in total. The number of fused-ring (bicyclic) bond motifs is 3. The van der Waals surface area contributed by atoms with Crippen LogP contribution >= 0.6 is 0 Å². The first-order valence-electron chi connectivity index (χ1n) is 17.1. The summed E-state index contributed by atoms with van der Waals surface area (Å²) < 4.78 is 2.31. The number of nitrogens with zero attached hydrogens (tertiary/aromatic N) is 1. The van der Waals surface area contributed by atoms with Crippen LogP contribution < -0.4 is 0 Å². The van der Waals surface area contributed by atoms with Crippen molar-refractivity contribution in [2.75, 3.05) is 0 Å². The van der Waals surface area contributed by atoms with Crippen molar-refractivity contribution in [3.05, 3.63) is 95.1 Å². The molecule has 0 aliphatic rings. The standard InChI is InChI=1S/C44H57NO/c1-40(2,3)27-44(13,14)32-25-33(28-16-15-17-29(22-28)41(4,5)6)39(46)38(26-32)45-36-20-18-30(42(7,8)9)23-34(36)35-24-31(43(10,11)12)19-21-37(35)45/h15-26,46H,27H2,1-14H3. The molecule has 1 aromatic heterocycles. The molecule has 2 nitrogen and oxygen atoms in total. The Morgan fingerprint density at radius 1 is 0.522 bits per heavy atom. The van der Waals surface area contributed by atoms with Crippen molar-refractivity contribution in [3.63, 3.8) is 0 Å². The number of aromatic hydroxyl groups is 1. The highest BCUT2D eigenvalue weighted by Crippen LogP contribution is 2.46. The molecule has 2 heteroatoms. The van der Waals surface area contributed by atoms with Crippen molar-refractivity contribution < 1.29 is 5.11 Å². The van der Waals surface area contributed by atoms with E-state index in [4.69, 9.17) is 0 Å². The molecular weight excluding hydrogens is 558 g/mol. The van der Waals surface area contributed by atoms with Crippen molar-refractivity contribution >= 4 is 21.8 Å². The SMILES string of the molecule is CC(C)(C)CC(C)(C)c1cc(-c2cccc(C(C)(C)C)c2)c(O)c(-n2c3ccc(C(C)(C)C)cc3c3cc(C(C)(C)C)ccc32)c1. The molecule has 5 aromatic rings. The predicted octanol–water partition coefficient (Wildman–Crippen LogP) is 12.8. The van der Waals surface area contributed by atoms with Crippen LogP contribution in [0, 0.1) is 5.41 Å². The Hall–Kier alpha value is -3.52. The van der Waals surface area contributed by atoms with Crippen LogP contribution in [-0.4, -0.2) is 9.67 Å². The minimum absolute atomic E-state index is 0.0000681. The van der Waals surface area contributed by atoms with E-state index in [1.165, 1.54) is 33.0 Å². The Morgan fingerprint density at radius 3 is 1.46 bits per heavy atom. The Bertz CT molecular complexity index is 1850. The molecule has 5 rings (SSSR count). The van der Waals surface area contributed by atoms with Gasteiger partial charge < -0.3 is 9.67 Å². The van der Waals surface area contributed by atoms with Gasteiger partial charge in [0, 0.05) is 16.3 Å². The van der Waals surface area contributed by atoms with E-state index < -0.39 is 0 Å². The summed E-state index contributed by atoms with van der Waals surface area (Å²) in [7, 11) is 0. The molecule has 0 spiro atoms. The monoisotopic (exact) mass is 615 g/mol. The quantitative estimate of drug-likeness (QED) is 0.214. The lowest BCUT2D eigenvalue weighted by atomic mass is 9.71. The maximum absolute atomic E-state index is 12.4. The average Bonchev–Trinajstić information content (AvgIpc) is 3.23. The third-order valence-electron chi connectivity index (χ3n) is 9.62. The largest absolute Gasteiger partial charge is 0.505 e. The maximum atomic E-state index is 12.4. The second-order valence-corrected chi connectivity index (χ2v) is 18.6. The summed E-state index contributed by atoms with van der Waals surface area (Å²) >= 11 is 0. The van der Waals surface area contributed by atoms with Crippen molar-refractivity contribution in [3.8, 4) is 22.6 Å². The lowest BCUT2D eigenvalue weighted by Crippen LogP contribution is -2.25. The van der Waals surface area contributed by atoms with E-state index in [0.29, 0.717) is 5.75 Å². The smallest absolute Gasteiger partial charge is 0.147 e. The van der Waals surface area contributed by atoms with Crippen molar-refractivity contribution in [2.24, 2.45) is 5.41 Å². The third-order valence-corrected chi connectivity index (χ3v) is 9.62. The molecule has 0 aliphatic heterocycles. The maximum Gasteiger partial charge on any atom is 0.147 e. The Labute approximate surface area is 278 Å². The molecule has 0 saturated carbocycles. The fraction of sp³-hybridized carbons (Fsp3) is 0.455. The van der Waals surface area contributed by atoms with Crippen LogP contribution in [0.15, 0.2) is 72.8 Å². The molecule has 244 valence electrons. The number of phenols is 1. The molecule has 0 fully saturated rings. The van der Waals surface area contributed by atoms with E-state index in [2.05, 4.69) is 174 Å². The van der Waals surface area contributed by atoms with Gasteiger partial charge in [-0.15, -0.1) is 0 Å². The predicted molar refractivity (Wildman–Crippen MR) is 201 cm³/mol. The van der Waals surface area contributed by atoms with E-state index >= 15 is 0 Å². The minimum Gasteiger partial charge on any atom is -0.505 e. The van der Waals surface area contributed by atoms with Gasteiger partial charge >= 0.3 is 0 Å². The van der Waals surface area contributed by atoms with Crippen LogP contribution in [-0.2, 0) is 21.7 Å². The first kappa shape index (κ1) is 33.8. The van der Waals surface area contributed by atoms with Gasteiger partial charge in [-0.05, 0) is 97.7 Å². The van der Waals surface area contributed by atoms with Gasteiger partial charge in [-0.3, -0.25) is 0 Å². The van der Waals surface area contributed by atoms with Crippen LogP contribution in [0.4, 0.5) is 0 Å². The Morgan fingerprint density at radius 2 is 1.00 bits per heavy atom. The first-order chi connectivity index (χ1) is 21.0. The molecule has 1 heterocycles. The molecule has 0 aliphatic carbocycles. The number of benzene rings is 4. The van der Waals surface area contributed by atoms with Crippen LogP contribution in [0.1, 0.15) is 126 Å². The summed E-state index contributed by atoms with van der Waals surface area (Å²) in [6.45, 7) is 32.0. The molecular formula is C44H57NO. The second kappa shape index (κ2) is 11.0. The zero-order chi connectivity index (χ0) is 34.2. The molecule has 0 atom stereocenters. The lowest BCUT2D eigenvalue weighted by Gasteiger charge is -2.34. The topological polar surface area (TPSA) is 25.2 Å². The number of hydrogen-bond donors (Lipinski definition) is 1. The highest BCUT2D eigenvalue weighted by molar-refractivity contribution is 6.10. The lowest BCUT2D eigenvalue weighted by molar-refractivity contribution is 0.284. The van der Waals surface area contributed by atoms with E-state index in [0.717, 1.165) is 34.3 Å². The Kier molecular flexibility index (Phi) is 8.12. The van der Waals surface area contributed by atoms with E-state index in [1.54, 1.807) is 0 Å². The molecule has 0 bridgehead atoms. The van der Waals surface area contributed by atoms with Gasteiger partial charge in [0.15, 0.2) is 0 Å².